The summed E-state index contributed by atoms with van der Waals surface area (Å²) in [5.74, 6) is 0.108. The van der Waals surface area contributed by atoms with Crippen molar-refractivity contribution >= 4 is 17.8 Å². The normalized spacial score (nSPS) is 11.5. The second-order valence-electron chi connectivity index (χ2n) is 7.79. The fraction of sp³-hybridized carbons (Fsp3) is 0.269. The molecule has 7 nitrogen and oxygen atoms in total. The SMILES string of the molecule is CNc1cccc(CCOc2ccc(C[C@H](N)C(=O)OC(=O)c3c(C)cccc3C)cc2)n1. The van der Waals surface area contributed by atoms with E-state index in [9.17, 15) is 9.59 Å². The maximum Gasteiger partial charge on any atom is 0.346 e. The molecule has 0 spiro atoms. The van der Waals surface area contributed by atoms with E-state index < -0.39 is 18.0 Å². The van der Waals surface area contributed by atoms with Crippen LogP contribution in [-0.2, 0) is 22.4 Å². The van der Waals surface area contributed by atoms with Gasteiger partial charge in [0.2, 0.25) is 0 Å². The van der Waals surface area contributed by atoms with Gasteiger partial charge in [0.25, 0.3) is 0 Å². The average Bonchev–Trinajstić information content (AvgIpc) is 2.80. The molecule has 0 aliphatic rings. The lowest BCUT2D eigenvalue weighted by molar-refractivity contribution is -0.139. The Hall–Kier alpha value is -3.71. The number of nitrogens with zero attached hydrogens (tertiary/aromatic N) is 1. The molecule has 0 bridgehead atoms. The third-order valence-corrected chi connectivity index (χ3v) is 5.25. The fourth-order valence-corrected chi connectivity index (χ4v) is 3.45. The predicted molar refractivity (Wildman–Crippen MR) is 127 cm³/mol. The molecule has 1 heterocycles. The third kappa shape index (κ3) is 6.63. The van der Waals surface area contributed by atoms with Crippen LogP contribution in [0.15, 0.2) is 60.7 Å². The maximum atomic E-state index is 12.4. The number of ether oxygens (including phenoxy) is 2. The van der Waals surface area contributed by atoms with E-state index in [0.29, 0.717) is 24.3 Å². The van der Waals surface area contributed by atoms with Gasteiger partial charge in [-0.25, -0.2) is 14.6 Å². The van der Waals surface area contributed by atoms with Crippen LogP contribution in [0.2, 0.25) is 0 Å². The first-order valence-electron chi connectivity index (χ1n) is 10.8. The number of rotatable bonds is 9. The zero-order valence-electron chi connectivity index (χ0n) is 19.1. The third-order valence-electron chi connectivity index (χ3n) is 5.25. The molecule has 0 unspecified atom stereocenters. The summed E-state index contributed by atoms with van der Waals surface area (Å²) in [6.07, 6.45) is 0.933. The highest BCUT2D eigenvalue weighted by atomic mass is 16.6. The molecule has 0 fully saturated rings. The number of nitrogens with one attached hydrogen (secondary N) is 1. The summed E-state index contributed by atoms with van der Waals surface area (Å²) in [6.45, 7) is 4.09. The van der Waals surface area contributed by atoms with Crippen molar-refractivity contribution in [3.63, 3.8) is 0 Å². The predicted octanol–water partition coefficient (Wildman–Crippen LogP) is 3.62. The van der Waals surface area contributed by atoms with E-state index in [0.717, 1.165) is 28.2 Å². The van der Waals surface area contributed by atoms with E-state index >= 15 is 0 Å². The molecule has 1 aromatic heterocycles. The highest BCUT2D eigenvalue weighted by molar-refractivity contribution is 6.00. The van der Waals surface area contributed by atoms with Gasteiger partial charge >= 0.3 is 11.9 Å². The van der Waals surface area contributed by atoms with Crippen LogP contribution in [0.3, 0.4) is 0 Å². The largest absolute Gasteiger partial charge is 0.493 e. The molecular weight excluding hydrogens is 418 g/mol. The number of hydrogen-bond acceptors (Lipinski definition) is 7. The van der Waals surface area contributed by atoms with E-state index in [1.165, 1.54) is 0 Å². The molecule has 1 atom stereocenters. The second-order valence-corrected chi connectivity index (χ2v) is 7.79. The Bertz CT molecular complexity index is 1090. The van der Waals surface area contributed by atoms with E-state index in [1.54, 1.807) is 26.0 Å². The first-order valence-corrected chi connectivity index (χ1v) is 10.8. The monoisotopic (exact) mass is 447 g/mol. The lowest BCUT2D eigenvalue weighted by Crippen LogP contribution is -2.36. The number of esters is 2. The Morgan fingerprint density at radius 3 is 2.33 bits per heavy atom. The minimum Gasteiger partial charge on any atom is -0.493 e. The first kappa shape index (κ1) is 23.9. The van der Waals surface area contributed by atoms with Gasteiger partial charge in [0.15, 0.2) is 0 Å². The van der Waals surface area contributed by atoms with Crippen LogP contribution in [0.1, 0.15) is 32.7 Å². The Balaban J connectivity index is 1.49. The molecule has 3 N–H and O–H groups in total. The number of aromatic nitrogens is 1. The lowest BCUT2D eigenvalue weighted by atomic mass is 10.0. The summed E-state index contributed by atoms with van der Waals surface area (Å²) in [7, 11) is 1.83. The van der Waals surface area contributed by atoms with E-state index in [-0.39, 0.29) is 6.42 Å². The Labute approximate surface area is 193 Å². The lowest BCUT2D eigenvalue weighted by Gasteiger charge is -2.13. The number of nitrogens with two attached hydrogens (primary N) is 1. The van der Waals surface area contributed by atoms with Crippen molar-refractivity contribution in [1.29, 1.82) is 0 Å². The van der Waals surface area contributed by atoms with Gasteiger partial charge < -0.3 is 20.5 Å². The quantitative estimate of drug-likeness (QED) is 0.381. The summed E-state index contributed by atoms with van der Waals surface area (Å²) in [5, 5.41) is 3.01. The molecule has 0 saturated heterocycles. The molecule has 33 heavy (non-hydrogen) atoms. The summed E-state index contributed by atoms with van der Waals surface area (Å²) in [5.41, 5.74) is 9.67. The van der Waals surface area contributed by atoms with Gasteiger partial charge in [0.1, 0.15) is 17.6 Å². The van der Waals surface area contributed by atoms with E-state index in [4.69, 9.17) is 15.2 Å². The Morgan fingerprint density at radius 1 is 1.00 bits per heavy atom. The number of benzene rings is 2. The zero-order chi connectivity index (χ0) is 23.8. The maximum absolute atomic E-state index is 12.4. The molecule has 0 saturated carbocycles. The van der Waals surface area contributed by atoms with Crippen LogP contribution in [-0.4, -0.2) is 36.6 Å². The standard InChI is InChI=1S/C26H29N3O4/c1-17-6-4-7-18(2)24(17)26(31)33-25(30)22(27)16-19-10-12-21(13-11-19)32-15-14-20-8-5-9-23(28-3)29-20/h4-13,22H,14-16,27H2,1-3H3,(H,28,29)/t22-/m0/s1. The molecule has 172 valence electrons. The molecule has 0 aliphatic carbocycles. The van der Waals surface area contributed by atoms with Gasteiger partial charge in [-0.2, -0.15) is 0 Å². The van der Waals surface area contributed by atoms with Crippen LogP contribution < -0.4 is 15.8 Å². The number of pyridine rings is 1. The highest BCUT2D eigenvalue weighted by Crippen LogP contribution is 2.17. The first-order chi connectivity index (χ1) is 15.9. The van der Waals surface area contributed by atoms with Crippen LogP contribution in [0, 0.1) is 13.8 Å². The number of carbonyl (C=O) groups is 2. The number of hydrogen-bond donors (Lipinski definition) is 2. The molecule has 0 radical (unpaired) electrons. The molecule has 0 amide bonds. The van der Waals surface area contributed by atoms with Gasteiger partial charge in [-0.15, -0.1) is 0 Å². The van der Waals surface area contributed by atoms with Gasteiger partial charge in [0.05, 0.1) is 12.2 Å². The minimum absolute atomic E-state index is 0.250. The molecule has 3 aromatic rings. The molecule has 0 aliphatic heterocycles. The van der Waals surface area contributed by atoms with E-state index in [2.05, 4.69) is 10.3 Å². The van der Waals surface area contributed by atoms with E-state index in [1.807, 2.05) is 55.6 Å². The summed E-state index contributed by atoms with van der Waals surface area (Å²) >= 11 is 0. The molecular formula is C26H29N3O4. The van der Waals surface area contributed by atoms with Crippen molar-refractivity contribution < 1.29 is 19.1 Å². The van der Waals surface area contributed by atoms with Gasteiger partial charge in [-0.3, -0.25) is 0 Å². The van der Waals surface area contributed by atoms with Crippen molar-refractivity contribution in [3.05, 3.63) is 88.6 Å². The number of anilines is 1. The number of carbonyl (C=O) groups excluding carboxylic acids is 2. The van der Waals surface area contributed by atoms with Crippen LogP contribution in [0.5, 0.6) is 5.75 Å². The highest BCUT2D eigenvalue weighted by Gasteiger charge is 2.22. The van der Waals surface area contributed by atoms with Crippen LogP contribution >= 0.6 is 0 Å². The smallest absolute Gasteiger partial charge is 0.346 e. The Kier molecular flexibility index (Phi) is 8.16. The summed E-state index contributed by atoms with van der Waals surface area (Å²) in [6, 6.07) is 17.7. The number of aryl methyl sites for hydroxylation is 2. The summed E-state index contributed by atoms with van der Waals surface area (Å²) < 4.78 is 10.8. The topological polar surface area (TPSA) is 104 Å². The van der Waals surface area contributed by atoms with Crippen LogP contribution in [0.4, 0.5) is 5.82 Å². The molecule has 3 rings (SSSR count). The minimum atomic E-state index is -0.949. The summed E-state index contributed by atoms with van der Waals surface area (Å²) in [4.78, 5) is 29.2. The zero-order valence-corrected chi connectivity index (χ0v) is 19.1. The van der Waals surface area contributed by atoms with Crippen molar-refractivity contribution in [1.82, 2.24) is 4.98 Å². The van der Waals surface area contributed by atoms with Crippen molar-refractivity contribution in [2.75, 3.05) is 19.0 Å². The van der Waals surface area contributed by atoms with Gasteiger partial charge in [-0.1, -0.05) is 36.4 Å². The second kappa shape index (κ2) is 11.2. The fourth-order valence-electron chi connectivity index (χ4n) is 3.45. The van der Waals surface area contributed by atoms with Gasteiger partial charge in [-0.05, 0) is 61.2 Å². The molecule has 7 heteroatoms. The molecule has 2 aromatic carbocycles. The van der Waals surface area contributed by atoms with Crippen molar-refractivity contribution in [3.8, 4) is 5.75 Å². The van der Waals surface area contributed by atoms with Gasteiger partial charge in [0, 0.05) is 19.2 Å². The van der Waals surface area contributed by atoms with Crippen LogP contribution in [0.25, 0.3) is 0 Å². The average molecular weight is 448 g/mol. The Morgan fingerprint density at radius 2 is 1.67 bits per heavy atom. The van der Waals surface area contributed by atoms with Crippen molar-refractivity contribution in [2.45, 2.75) is 32.7 Å². The van der Waals surface area contributed by atoms with Crippen molar-refractivity contribution in [2.24, 2.45) is 5.73 Å².